The van der Waals surface area contributed by atoms with Crippen LogP contribution in [0.4, 0.5) is 11.4 Å². The van der Waals surface area contributed by atoms with E-state index in [2.05, 4.69) is 10.6 Å². The fourth-order valence-electron chi connectivity index (χ4n) is 2.15. The average molecular weight is 328 g/mol. The zero-order valence-electron chi connectivity index (χ0n) is 13.9. The fourth-order valence-corrected chi connectivity index (χ4v) is 2.15. The molecule has 0 bridgehead atoms. The second-order valence-electron chi connectivity index (χ2n) is 5.15. The lowest BCUT2D eigenvalue weighted by molar-refractivity contribution is -0.123. The fraction of sp³-hybridized carbons (Fsp3) is 0.222. The number of anilines is 2. The Bertz CT molecular complexity index is 744. The molecule has 0 saturated carbocycles. The maximum absolute atomic E-state index is 12.1. The second-order valence-corrected chi connectivity index (χ2v) is 5.15. The van der Waals surface area contributed by atoms with Crippen LogP contribution in [0.3, 0.4) is 0 Å². The summed E-state index contributed by atoms with van der Waals surface area (Å²) in [5.41, 5.74) is 2.10. The Morgan fingerprint density at radius 1 is 0.917 bits per heavy atom. The summed E-state index contributed by atoms with van der Waals surface area (Å²) in [7, 11) is 3.04. The first-order valence-corrected chi connectivity index (χ1v) is 7.41. The standard InChI is InChI=1S/C18H20N2O4/c1-12-6-4-5-7-14(12)19-17(21)11-18(22)20-15-9-8-13(23-2)10-16(15)24-3/h4-10H,11H2,1-3H3,(H,19,21)(H,20,22). The lowest BCUT2D eigenvalue weighted by atomic mass is 10.2. The zero-order chi connectivity index (χ0) is 17.5. The number of amides is 2. The van der Waals surface area contributed by atoms with Gasteiger partial charge in [0.1, 0.15) is 17.9 Å². The quantitative estimate of drug-likeness (QED) is 0.799. The van der Waals surface area contributed by atoms with Crippen molar-refractivity contribution in [2.24, 2.45) is 0 Å². The highest BCUT2D eigenvalue weighted by atomic mass is 16.5. The molecule has 0 aromatic heterocycles. The lowest BCUT2D eigenvalue weighted by Gasteiger charge is -2.12. The molecule has 0 fully saturated rings. The van der Waals surface area contributed by atoms with Crippen molar-refractivity contribution in [2.75, 3.05) is 24.9 Å². The van der Waals surface area contributed by atoms with Crippen LogP contribution in [0.5, 0.6) is 11.5 Å². The van der Waals surface area contributed by atoms with Gasteiger partial charge in [0.05, 0.1) is 19.9 Å². The highest BCUT2D eigenvalue weighted by Crippen LogP contribution is 2.29. The van der Waals surface area contributed by atoms with E-state index in [1.54, 1.807) is 31.4 Å². The van der Waals surface area contributed by atoms with Crippen LogP contribution in [0, 0.1) is 6.92 Å². The molecule has 0 radical (unpaired) electrons. The summed E-state index contributed by atoms with van der Waals surface area (Å²) >= 11 is 0. The molecule has 2 amide bonds. The molecule has 6 nitrogen and oxygen atoms in total. The minimum absolute atomic E-state index is 0.288. The highest BCUT2D eigenvalue weighted by Gasteiger charge is 2.13. The topological polar surface area (TPSA) is 76.7 Å². The van der Waals surface area contributed by atoms with Gasteiger partial charge in [0.25, 0.3) is 0 Å². The number of rotatable bonds is 6. The summed E-state index contributed by atoms with van der Waals surface area (Å²) in [5.74, 6) is 0.267. The number of methoxy groups -OCH3 is 2. The third kappa shape index (κ3) is 4.49. The minimum atomic E-state index is -0.426. The van der Waals surface area contributed by atoms with Crippen LogP contribution < -0.4 is 20.1 Å². The van der Waals surface area contributed by atoms with Crippen LogP contribution in [-0.2, 0) is 9.59 Å². The van der Waals surface area contributed by atoms with Gasteiger partial charge >= 0.3 is 0 Å². The van der Waals surface area contributed by atoms with E-state index >= 15 is 0 Å². The molecule has 0 spiro atoms. The number of carbonyl (C=O) groups is 2. The molecule has 2 aromatic rings. The Morgan fingerprint density at radius 3 is 2.21 bits per heavy atom. The maximum atomic E-state index is 12.1. The highest BCUT2D eigenvalue weighted by molar-refractivity contribution is 6.08. The Labute approximate surface area is 140 Å². The van der Waals surface area contributed by atoms with Crippen molar-refractivity contribution in [1.29, 1.82) is 0 Å². The molecule has 24 heavy (non-hydrogen) atoms. The van der Waals surface area contributed by atoms with Gasteiger partial charge in [0.2, 0.25) is 11.8 Å². The van der Waals surface area contributed by atoms with Crippen molar-refractivity contribution in [3.63, 3.8) is 0 Å². The van der Waals surface area contributed by atoms with Gasteiger partial charge in [-0.05, 0) is 30.7 Å². The molecule has 2 N–H and O–H groups in total. The molecule has 2 rings (SSSR count). The number of benzene rings is 2. The second kappa shape index (κ2) is 8.01. The Hall–Kier alpha value is -3.02. The van der Waals surface area contributed by atoms with Crippen LogP contribution in [0.15, 0.2) is 42.5 Å². The van der Waals surface area contributed by atoms with E-state index in [1.165, 1.54) is 7.11 Å². The summed E-state index contributed by atoms with van der Waals surface area (Å²) < 4.78 is 10.3. The van der Waals surface area contributed by atoms with Crippen LogP contribution >= 0.6 is 0 Å². The first-order chi connectivity index (χ1) is 11.5. The van der Waals surface area contributed by atoms with E-state index in [-0.39, 0.29) is 12.3 Å². The number of nitrogens with one attached hydrogen (secondary N) is 2. The SMILES string of the molecule is COc1ccc(NC(=O)CC(=O)Nc2ccccc2C)c(OC)c1. The van der Waals surface area contributed by atoms with E-state index in [0.717, 1.165) is 5.56 Å². The monoisotopic (exact) mass is 328 g/mol. The van der Waals surface area contributed by atoms with E-state index in [4.69, 9.17) is 9.47 Å². The summed E-state index contributed by atoms with van der Waals surface area (Å²) in [4.78, 5) is 24.1. The largest absolute Gasteiger partial charge is 0.497 e. The number of ether oxygens (including phenoxy) is 2. The minimum Gasteiger partial charge on any atom is -0.497 e. The van der Waals surface area contributed by atoms with Crippen LogP contribution in [0.2, 0.25) is 0 Å². The van der Waals surface area contributed by atoms with Crippen molar-refractivity contribution < 1.29 is 19.1 Å². The molecular weight excluding hydrogens is 308 g/mol. The lowest BCUT2D eigenvalue weighted by Crippen LogP contribution is -2.22. The number of aryl methyl sites for hydroxylation is 1. The predicted molar refractivity (Wildman–Crippen MR) is 92.6 cm³/mol. The molecular formula is C18H20N2O4. The molecule has 0 atom stereocenters. The van der Waals surface area contributed by atoms with E-state index < -0.39 is 5.91 Å². The normalized spacial score (nSPS) is 9.96. The predicted octanol–water partition coefficient (Wildman–Crippen LogP) is 2.98. The van der Waals surface area contributed by atoms with Gasteiger partial charge in [-0.2, -0.15) is 0 Å². The van der Waals surface area contributed by atoms with Crippen LogP contribution in [-0.4, -0.2) is 26.0 Å². The number of hydrogen-bond donors (Lipinski definition) is 2. The van der Waals surface area contributed by atoms with Gasteiger partial charge in [-0.15, -0.1) is 0 Å². The van der Waals surface area contributed by atoms with Gasteiger partial charge in [-0.3, -0.25) is 9.59 Å². The van der Waals surface area contributed by atoms with Crippen molar-refractivity contribution in [2.45, 2.75) is 13.3 Å². The molecule has 0 saturated heterocycles. The molecule has 126 valence electrons. The van der Waals surface area contributed by atoms with Crippen molar-refractivity contribution in [1.82, 2.24) is 0 Å². The molecule has 0 aliphatic heterocycles. The van der Waals surface area contributed by atoms with E-state index in [9.17, 15) is 9.59 Å². The average Bonchev–Trinajstić information content (AvgIpc) is 2.57. The first-order valence-electron chi connectivity index (χ1n) is 7.41. The summed E-state index contributed by atoms with van der Waals surface area (Å²) in [6.45, 7) is 1.89. The molecule has 0 unspecified atom stereocenters. The number of carbonyl (C=O) groups excluding carboxylic acids is 2. The molecule has 0 aliphatic rings. The van der Waals surface area contributed by atoms with Crippen LogP contribution in [0.1, 0.15) is 12.0 Å². The summed E-state index contributed by atoms with van der Waals surface area (Å²) in [5, 5.41) is 5.39. The third-order valence-corrected chi connectivity index (χ3v) is 3.42. The van der Waals surface area contributed by atoms with E-state index in [1.807, 2.05) is 25.1 Å². The van der Waals surface area contributed by atoms with Gasteiger partial charge in [0.15, 0.2) is 0 Å². The van der Waals surface area contributed by atoms with Gasteiger partial charge in [0, 0.05) is 11.8 Å². The number of hydrogen-bond acceptors (Lipinski definition) is 4. The molecule has 2 aromatic carbocycles. The zero-order valence-corrected chi connectivity index (χ0v) is 13.9. The maximum Gasteiger partial charge on any atom is 0.233 e. The Morgan fingerprint density at radius 2 is 1.58 bits per heavy atom. The van der Waals surface area contributed by atoms with Crippen molar-refractivity contribution in [3.8, 4) is 11.5 Å². The van der Waals surface area contributed by atoms with Gasteiger partial charge in [-0.25, -0.2) is 0 Å². The number of para-hydroxylation sites is 1. The smallest absolute Gasteiger partial charge is 0.233 e. The first kappa shape index (κ1) is 17.3. The van der Waals surface area contributed by atoms with Crippen molar-refractivity contribution in [3.05, 3.63) is 48.0 Å². The Balaban J connectivity index is 1.98. The summed E-state index contributed by atoms with van der Waals surface area (Å²) in [6, 6.07) is 12.4. The van der Waals surface area contributed by atoms with Crippen LogP contribution in [0.25, 0.3) is 0 Å². The van der Waals surface area contributed by atoms with Gasteiger partial charge < -0.3 is 20.1 Å². The molecule has 0 aliphatic carbocycles. The Kier molecular flexibility index (Phi) is 5.78. The molecule has 6 heteroatoms. The molecule has 0 heterocycles. The third-order valence-electron chi connectivity index (χ3n) is 3.42. The van der Waals surface area contributed by atoms with Gasteiger partial charge in [-0.1, -0.05) is 18.2 Å². The van der Waals surface area contributed by atoms with E-state index in [0.29, 0.717) is 22.9 Å². The summed E-state index contributed by atoms with van der Waals surface area (Å²) in [6.07, 6.45) is -0.288. The van der Waals surface area contributed by atoms with Crippen molar-refractivity contribution >= 4 is 23.2 Å².